The number of nitrogens with zero attached hydrogens (tertiary/aromatic N) is 1. The molecule has 0 spiro atoms. The van der Waals surface area contributed by atoms with Crippen molar-refractivity contribution >= 4 is 11.8 Å². The third kappa shape index (κ3) is 4.57. The van der Waals surface area contributed by atoms with Crippen molar-refractivity contribution in [3.63, 3.8) is 0 Å². The summed E-state index contributed by atoms with van der Waals surface area (Å²) in [5, 5.41) is 1.43. The van der Waals surface area contributed by atoms with Gasteiger partial charge in [0.05, 0.1) is 5.54 Å². The summed E-state index contributed by atoms with van der Waals surface area (Å²) in [6, 6.07) is 9.47. The number of aryl methyl sites for hydroxylation is 3. The minimum absolute atomic E-state index is 0.218. The van der Waals surface area contributed by atoms with Crippen LogP contribution in [0.25, 0.3) is 0 Å². The minimum Gasteiger partial charge on any atom is -0.267 e. The highest BCUT2D eigenvalue weighted by atomic mass is 16.2. The van der Waals surface area contributed by atoms with E-state index in [4.69, 9.17) is 0 Å². The Balaban J connectivity index is 2.39. The molecule has 0 unspecified atom stereocenters. The van der Waals surface area contributed by atoms with Crippen LogP contribution in [0.3, 0.4) is 0 Å². The highest BCUT2D eigenvalue weighted by Gasteiger charge is 2.30. The van der Waals surface area contributed by atoms with Gasteiger partial charge in [-0.15, -0.1) is 0 Å². The molecule has 0 saturated heterocycles. The van der Waals surface area contributed by atoms with Gasteiger partial charge in [0, 0.05) is 11.1 Å². The molecule has 27 heavy (non-hydrogen) atoms. The van der Waals surface area contributed by atoms with Crippen LogP contribution in [0.4, 0.5) is 0 Å². The molecule has 4 heteroatoms. The number of nitrogens with one attached hydrogen (secondary N) is 1. The molecule has 0 radical (unpaired) electrons. The van der Waals surface area contributed by atoms with Crippen LogP contribution in [0.5, 0.6) is 0 Å². The van der Waals surface area contributed by atoms with Crippen LogP contribution in [0, 0.1) is 34.6 Å². The molecule has 2 rings (SSSR count). The van der Waals surface area contributed by atoms with Gasteiger partial charge >= 0.3 is 0 Å². The fourth-order valence-electron chi connectivity index (χ4n) is 3.11. The second-order valence-corrected chi connectivity index (χ2v) is 8.31. The maximum Gasteiger partial charge on any atom is 0.272 e. The molecular weight excluding hydrogens is 336 g/mol. The first-order valence-electron chi connectivity index (χ1n) is 9.22. The standard InChI is InChI=1S/C23H30N2O2/c1-14-11-15(2)13-19(12-14)22(27)25(23(6,7)8)24-21(26)20-10-9-16(3)17(4)18(20)5/h9-13H,1-8H3,(H,24,26). The fraction of sp³-hybridized carbons (Fsp3) is 0.391. The number of hydrogen-bond donors (Lipinski definition) is 1. The Hall–Kier alpha value is -2.62. The Labute approximate surface area is 162 Å². The van der Waals surface area contributed by atoms with Crippen LogP contribution in [0.1, 0.15) is 69.3 Å². The smallest absolute Gasteiger partial charge is 0.267 e. The summed E-state index contributed by atoms with van der Waals surface area (Å²) in [5.41, 5.74) is 8.62. The van der Waals surface area contributed by atoms with Crippen molar-refractivity contribution in [3.8, 4) is 0 Å². The van der Waals surface area contributed by atoms with Gasteiger partial charge in [0.2, 0.25) is 0 Å². The monoisotopic (exact) mass is 366 g/mol. The Morgan fingerprint density at radius 1 is 0.852 bits per heavy atom. The van der Waals surface area contributed by atoms with Gasteiger partial charge in [-0.2, -0.15) is 0 Å². The van der Waals surface area contributed by atoms with Crippen LogP contribution in [0.2, 0.25) is 0 Å². The van der Waals surface area contributed by atoms with E-state index < -0.39 is 5.54 Å². The van der Waals surface area contributed by atoms with E-state index in [2.05, 4.69) is 5.43 Å². The molecule has 0 aromatic heterocycles. The normalized spacial score (nSPS) is 11.3. The molecule has 2 amide bonds. The Bertz CT molecular complexity index is 872. The molecule has 0 fully saturated rings. The molecule has 0 aliphatic heterocycles. The van der Waals surface area contributed by atoms with E-state index in [1.54, 1.807) is 0 Å². The summed E-state index contributed by atoms with van der Waals surface area (Å²) in [4.78, 5) is 26.1. The summed E-state index contributed by atoms with van der Waals surface area (Å²) in [7, 11) is 0. The molecule has 2 aromatic rings. The van der Waals surface area contributed by atoms with E-state index in [0.717, 1.165) is 27.8 Å². The van der Waals surface area contributed by atoms with Crippen molar-refractivity contribution in [1.29, 1.82) is 0 Å². The third-order valence-corrected chi connectivity index (χ3v) is 4.86. The van der Waals surface area contributed by atoms with Crippen molar-refractivity contribution in [2.45, 2.75) is 60.9 Å². The molecule has 0 aliphatic rings. The highest BCUT2D eigenvalue weighted by Crippen LogP contribution is 2.20. The molecule has 144 valence electrons. The van der Waals surface area contributed by atoms with Crippen molar-refractivity contribution in [1.82, 2.24) is 10.4 Å². The zero-order valence-electron chi connectivity index (χ0n) is 17.7. The fourth-order valence-corrected chi connectivity index (χ4v) is 3.11. The average molecular weight is 367 g/mol. The summed E-state index contributed by atoms with van der Waals surface area (Å²) >= 11 is 0. The van der Waals surface area contributed by atoms with Crippen molar-refractivity contribution in [2.75, 3.05) is 0 Å². The summed E-state index contributed by atoms with van der Waals surface area (Å²) < 4.78 is 0. The summed E-state index contributed by atoms with van der Waals surface area (Å²) in [5.74, 6) is -0.493. The highest BCUT2D eigenvalue weighted by molar-refractivity contribution is 6.00. The first-order chi connectivity index (χ1) is 12.4. The van der Waals surface area contributed by atoms with E-state index in [-0.39, 0.29) is 11.8 Å². The largest absolute Gasteiger partial charge is 0.272 e. The lowest BCUT2D eigenvalue weighted by atomic mass is 9.98. The lowest BCUT2D eigenvalue weighted by Crippen LogP contribution is -2.56. The van der Waals surface area contributed by atoms with Gasteiger partial charge < -0.3 is 0 Å². The van der Waals surface area contributed by atoms with Gasteiger partial charge in [0.1, 0.15) is 0 Å². The van der Waals surface area contributed by atoms with Crippen molar-refractivity contribution in [2.24, 2.45) is 0 Å². The third-order valence-electron chi connectivity index (χ3n) is 4.86. The van der Waals surface area contributed by atoms with Crippen LogP contribution in [0.15, 0.2) is 30.3 Å². The van der Waals surface area contributed by atoms with Gasteiger partial charge in [-0.3, -0.25) is 15.0 Å². The topological polar surface area (TPSA) is 49.4 Å². The Morgan fingerprint density at radius 3 is 1.93 bits per heavy atom. The van der Waals surface area contributed by atoms with Gasteiger partial charge in [0.25, 0.3) is 11.8 Å². The van der Waals surface area contributed by atoms with Gasteiger partial charge in [-0.25, -0.2) is 5.01 Å². The lowest BCUT2D eigenvalue weighted by molar-refractivity contribution is 0.0358. The average Bonchev–Trinajstić information content (AvgIpc) is 2.55. The van der Waals surface area contributed by atoms with Gasteiger partial charge in [-0.1, -0.05) is 23.3 Å². The molecule has 4 nitrogen and oxygen atoms in total. The number of carbonyl (C=O) groups excluding carboxylic acids is 2. The van der Waals surface area contributed by atoms with Gasteiger partial charge in [-0.05, 0) is 90.3 Å². The molecule has 0 aliphatic carbocycles. The van der Waals surface area contributed by atoms with Crippen LogP contribution < -0.4 is 5.43 Å². The van der Waals surface area contributed by atoms with E-state index in [9.17, 15) is 9.59 Å². The summed E-state index contributed by atoms with van der Waals surface area (Å²) in [6.07, 6.45) is 0. The first kappa shape index (κ1) is 20.7. The molecule has 2 aromatic carbocycles. The lowest BCUT2D eigenvalue weighted by Gasteiger charge is -2.35. The second-order valence-electron chi connectivity index (χ2n) is 8.31. The van der Waals surface area contributed by atoms with E-state index in [0.29, 0.717) is 11.1 Å². The SMILES string of the molecule is Cc1cc(C)cc(C(=O)N(NC(=O)c2ccc(C)c(C)c2C)C(C)(C)C)c1. The quantitative estimate of drug-likeness (QED) is 0.775. The number of amides is 2. The Morgan fingerprint density at radius 2 is 1.41 bits per heavy atom. The number of hydrazine groups is 1. The minimum atomic E-state index is -0.571. The van der Waals surface area contributed by atoms with E-state index in [1.165, 1.54) is 5.01 Å². The molecule has 0 bridgehead atoms. The van der Waals surface area contributed by atoms with Crippen LogP contribution >= 0.6 is 0 Å². The zero-order chi connectivity index (χ0) is 20.5. The second kappa shape index (κ2) is 7.55. The first-order valence-corrected chi connectivity index (χ1v) is 9.22. The maximum absolute atomic E-state index is 13.2. The number of benzene rings is 2. The Kier molecular flexibility index (Phi) is 5.79. The summed E-state index contributed by atoms with van der Waals surface area (Å²) in [6.45, 7) is 15.6. The molecule has 1 N–H and O–H groups in total. The molecule has 0 heterocycles. The number of rotatable bonds is 2. The van der Waals surface area contributed by atoms with Crippen molar-refractivity contribution in [3.05, 3.63) is 69.3 Å². The van der Waals surface area contributed by atoms with E-state index >= 15 is 0 Å². The van der Waals surface area contributed by atoms with Gasteiger partial charge in [0.15, 0.2) is 0 Å². The molecule has 0 saturated carbocycles. The molecular formula is C23H30N2O2. The predicted molar refractivity (Wildman–Crippen MR) is 110 cm³/mol. The van der Waals surface area contributed by atoms with Crippen molar-refractivity contribution < 1.29 is 9.59 Å². The number of carbonyl (C=O) groups is 2. The molecule has 0 atom stereocenters. The predicted octanol–water partition coefficient (Wildman–Crippen LogP) is 4.81. The number of hydrogen-bond acceptors (Lipinski definition) is 2. The zero-order valence-corrected chi connectivity index (χ0v) is 17.7. The van der Waals surface area contributed by atoms with E-state index in [1.807, 2.05) is 85.7 Å². The maximum atomic E-state index is 13.2. The van der Waals surface area contributed by atoms with Crippen LogP contribution in [-0.2, 0) is 0 Å². The van der Waals surface area contributed by atoms with Crippen LogP contribution in [-0.4, -0.2) is 22.4 Å².